The normalized spacial score (nSPS) is 11.2. The third-order valence-electron chi connectivity index (χ3n) is 5.58. The van der Waals surface area contributed by atoms with Crippen molar-refractivity contribution in [3.05, 3.63) is 40.4 Å². The molecule has 14 heteroatoms. The zero-order valence-corrected chi connectivity index (χ0v) is 27.2. The lowest BCUT2D eigenvalue weighted by Crippen LogP contribution is -2.33. The smallest absolute Gasteiger partial charge is 0.407 e. The molecule has 13 nitrogen and oxygen atoms in total. The maximum absolute atomic E-state index is 12.5. The van der Waals surface area contributed by atoms with E-state index < -0.39 is 11.7 Å². The number of hydrogen-bond acceptors (Lipinski definition) is 11. The second kappa shape index (κ2) is 20.6. The van der Waals surface area contributed by atoms with Crippen LogP contribution in [-0.2, 0) is 28.5 Å². The predicted octanol–water partition coefficient (Wildman–Crippen LogP) is 3.52. The molecule has 1 aromatic carbocycles. The van der Waals surface area contributed by atoms with Crippen molar-refractivity contribution < 1.29 is 38.1 Å². The van der Waals surface area contributed by atoms with E-state index in [4.69, 9.17) is 23.7 Å². The molecule has 2 aromatic rings. The Kier molecular flexibility index (Phi) is 17.3. The van der Waals surface area contributed by atoms with Crippen LogP contribution in [0.15, 0.2) is 24.4 Å². The van der Waals surface area contributed by atoms with Gasteiger partial charge >= 0.3 is 6.09 Å². The zero-order chi connectivity index (χ0) is 32.2. The molecule has 1 aromatic heterocycles. The fraction of sp³-hybridized carbons (Fsp3) is 0.600. The van der Waals surface area contributed by atoms with Crippen molar-refractivity contribution in [2.24, 2.45) is 0 Å². The highest BCUT2D eigenvalue weighted by Crippen LogP contribution is 2.20. The molecule has 0 atom stereocenters. The van der Waals surface area contributed by atoms with Gasteiger partial charge < -0.3 is 39.6 Å². The monoisotopic (exact) mass is 637 g/mol. The molecule has 0 aliphatic heterocycles. The lowest BCUT2D eigenvalue weighted by atomic mass is 10.1. The van der Waals surface area contributed by atoms with Crippen LogP contribution in [-0.4, -0.2) is 101 Å². The number of carbonyl (C=O) groups is 3. The third-order valence-corrected chi connectivity index (χ3v) is 6.41. The molecule has 3 amide bonds. The van der Waals surface area contributed by atoms with E-state index in [0.29, 0.717) is 83.1 Å². The van der Waals surface area contributed by atoms with Gasteiger partial charge in [-0.25, -0.2) is 9.78 Å². The number of carbonyl (C=O) groups excluding carboxylic acids is 3. The van der Waals surface area contributed by atoms with Crippen LogP contribution in [0.4, 0.5) is 15.6 Å². The first-order valence-electron chi connectivity index (χ1n) is 14.7. The molecule has 0 spiro atoms. The first kappa shape index (κ1) is 36.9. The standard InChI is InChI=1S/C30H47N5O8S/c1-22-19-24(7-8-25(22)27(37)35-28-34-20-23(2)44-28)33-21-26(36)31-10-12-40-14-16-42-18-17-41-15-13-39-11-6-9-32-29(38)43-30(3,4)5/h7-8,19-20,33H,6,9-18,21H2,1-5H3,(H,31,36)(H,32,38)(H,34,35,37). The quantitative estimate of drug-likeness (QED) is 0.149. The van der Waals surface area contributed by atoms with Crippen LogP contribution in [0.2, 0.25) is 0 Å². The Morgan fingerprint density at radius 1 is 0.841 bits per heavy atom. The van der Waals surface area contributed by atoms with Gasteiger partial charge in [-0.1, -0.05) is 0 Å². The molecule has 0 unspecified atom stereocenters. The van der Waals surface area contributed by atoms with Crippen molar-refractivity contribution in [3.8, 4) is 0 Å². The number of benzene rings is 1. The van der Waals surface area contributed by atoms with Crippen molar-refractivity contribution in [2.45, 2.75) is 46.6 Å². The summed E-state index contributed by atoms with van der Waals surface area (Å²) >= 11 is 1.42. The van der Waals surface area contributed by atoms with Gasteiger partial charge in [-0.3, -0.25) is 14.9 Å². The summed E-state index contributed by atoms with van der Waals surface area (Å²) in [7, 11) is 0. The number of alkyl carbamates (subject to hydrolysis) is 1. The number of anilines is 2. The number of ether oxygens (including phenoxy) is 5. The molecule has 0 radical (unpaired) electrons. The molecule has 0 aliphatic rings. The van der Waals surface area contributed by atoms with Gasteiger partial charge in [-0.15, -0.1) is 11.3 Å². The maximum atomic E-state index is 12.5. The van der Waals surface area contributed by atoms with Crippen LogP contribution in [0.25, 0.3) is 0 Å². The minimum absolute atomic E-state index is 0.100. The van der Waals surface area contributed by atoms with E-state index in [2.05, 4.69) is 26.3 Å². The van der Waals surface area contributed by atoms with Crippen molar-refractivity contribution >= 4 is 40.1 Å². The number of thiazole rings is 1. The molecule has 0 saturated carbocycles. The van der Waals surface area contributed by atoms with E-state index in [1.165, 1.54) is 11.3 Å². The first-order valence-corrected chi connectivity index (χ1v) is 15.5. The molecule has 246 valence electrons. The SMILES string of the molecule is Cc1cnc(NC(=O)c2ccc(NCC(=O)NCCOCCOCCOCCOCCCNC(=O)OC(C)(C)C)cc2C)s1. The third kappa shape index (κ3) is 17.1. The summed E-state index contributed by atoms with van der Waals surface area (Å²) in [6.45, 7) is 13.8. The van der Waals surface area contributed by atoms with Crippen LogP contribution in [0.1, 0.15) is 48.0 Å². The summed E-state index contributed by atoms with van der Waals surface area (Å²) in [5.41, 5.74) is 1.57. The maximum Gasteiger partial charge on any atom is 0.407 e. The summed E-state index contributed by atoms with van der Waals surface area (Å²) in [6.07, 6.45) is 1.98. The molecular formula is C30H47N5O8S. The van der Waals surface area contributed by atoms with Gasteiger partial charge in [0.2, 0.25) is 5.91 Å². The summed E-state index contributed by atoms with van der Waals surface area (Å²) in [5.74, 6) is -0.386. The van der Waals surface area contributed by atoms with E-state index in [0.717, 1.165) is 16.1 Å². The average Bonchev–Trinajstić information content (AvgIpc) is 3.36. The van der Waals surface area contributed by atoms with E-state index >= 15 is 0 Å². The van der Waals surface area contributed by atoms with Gasteiger partial charge in [0.15, 0.2) is 5.13 Å². The summed E-state index contributed by atoms with van der Waals surface area (Å²) in [4.78, 5) is 41.3. The number of nitrogens with one attached hydrogen (secondary N) is 4. The summed E-state index contributed by atoms with van der Waals surface area (Å²) in [5, 5.41) is 11.9. The summed E-state index contributed by atoms with van der Waals surface area (Å²) in [6, 6.07) is 5.32. The number of rotatable bonds is 21. The van der Waals surface area contributed by atoms with Crippen LogP contribution in [0.5, 0.6) is 0 Å². The average molecular weight is 638 g/mol. The second-order valence-corrected chi connectivity index (χ2v) is 11.9. The van der Waals surface area contributed by atoms with E-state index in [1.54, 1.807) is 18.3 Å². The highest BCUT2D eigenvalue weighted by Gasteiger charge is 2.15. The van der Waals surface area contributed by atoms with Gasteiger partial charge in [0.05, 0.1) is 52.8 Å². The van der Waals surface area contributed by atoms with E-state index in [-0.39, 0.29) is 18.4 Å². The van der Waals surface area contributed by atoms with E-state index in [1.807, 2.05) is 40.7 Å². The van der Waals surface area contributed by atoms with Crippen LogP contribution in [0, 0.1) is 13.8 Å². The molecule has 0 fully saturated rings. The molecule has 2 rings (SSSR count). The van der Waals surface area contributed by atoms with Gasteiger partial charge in [0, 0.05) is 42.0 Å². The van der Waals surface area contributed by atoms with Gasteiger partial charge in [-0.05, 0) is 64.8 Å². The van der Waals surface area contributed by atoms with Crippen molar-refractivity contribution in [1.29, 1.82) is 0 Å². The number of aryl methyl sites for hydroxylation is 2. The van der Waals surface area contributed by atoms with Crippen molar-refractivity contribution in [3.63, 3.8) is 0 Å². The number of aromatic nitrogens is 1. The van der Waals surface area contributed by atoms with Gasteiger partial charge in [-0.2, -0.15) is 0 Å². The highest BCUT2D eigenvalue weighted by molar-refractivity contribution is 7.15. The molecule has 0 saturated heterocycles. The molecule has 4 N–H and O–H groups in total. The molecule has 44 heavy (non-hydrogen) atoms. The Labute approximate surface area is 263 Å². The zero-order valence-electron chi connectivity index (χ0n) is 26.4. The Hall–Kier alpha value is -3.30. The molecule has 1 heterocycles. The Balaban J connectivity index is 1.38. The Morgan fingerprint density at radius 3 is 2.07 bits per heavy atom. The van der Waals surface area contributed by atoms with Crippen molar-refractivity contribution in [2.75, 3.05) is 83.1 Å². The minimum Gasteiger partial charge on any atom is -0.444 e. The van der Waals surface area contributed by atoms with Crippen LogP contribution in [0.3, 0.4) is 0 Å². The lowest BCUT2D eigenvalue weighted by Gasteiger charge is -2.19. The van der Waals surface area contributed by atoms with Gasteiger partial charge in [0.25, 0.3) is 5.91 Å². The summed E-state index contributed by atoms with van der Waals surface area (Å²) < 4.78 is 27.0. The number of amides is 3. The highest BCUT2D eigenvalue weighted by atomic mass is 32.1. The van der Waals surface area contributed by atoms with Gasteiger partial charge in [0.1, 0.15) is 5.60 Å². The molecule has 0 aliphatic carbocycles. The van der Waals surface area contributed by atoms with Crippen molar-refractivity contribution in [1.82, 2.24) is 15.6 Å². The molecule has 0 bridgehead atoms. The fourth-order valence-corrected chi connectivity index (χ4v) is 4.21. The predicted molar refractivity (Wildman–Crippen MR) is 170 cm³/mol. The fourth-order valence-electron chi connectivity index (χ4n) is 3.55. The first-order chi connectivity index (χ1) is 21.0. The Bertz CT molecular complexity index is 1150. The van der Waals surface area contributed by atoms with E-state index in [9.17, 15) is 14.4 Å². The van der Waals surface area contributed by atoms with Crippen LogP contribution >= 0.6 is 11.3 Å². The largest absolute Gasteiger partial charge is 0.444 e. The Morgan fingerprint density at radius 2 is 1.48 bits per heavy atom. The topological polar surface area (TPSA) is 158 Å². The minimum atomic E-state index is -0.505. The number of nitrogens with zero attached hydrogens (tertiary/aromatic N) is 1. The number of hydrogen-bond donors (Lipinski definition) is 4. The van der Waals surface area contributed by atoms with Crippen LogP contribution < -0.4 is 21.3 Å². The lowest BCUT2D eigenvalue weighted by molar-refractivity contribution is -0.119. The molecular weight excluding hydrogens is 590 g/mol. The second-order valence-electron chi connectivity index (χ2n) is 10.7.